The SMILES string of the molecule is CCCCCC/C=C/C1=C/C(C(C)=O)=NC=C=CC1. The molecule has 0 aromatic heterocycles. The molecule has 0 aromatic rings. The van der Waals surface area contributed by atoms with Crippen molar-refractivity contribution in [2.24, 2.45) is 4.99 Å². The molecule has 0 bridgehead atoms. The third kappa shape index (κ3) is 6.73. The quantitative estimate of drug-likeness (QED) is 0.486. The summed E-state index contributed by atoms with van der Waals surface area (Å²) in [5.74, 6) is -0.00574. The number of unbranched alkanes of at least 4 members (excludes halogenated alkanes) is 4. The second-order valence-corrected chi connectivity index (χ2v) is 4.75. The summed E-state index contributed by atoms with van der Waals surface area (Å²) in [5.41, 5.74) is 4.58. The molecule has 2 nitrogen and oxygen atoms in total. The lowest BCUT2D eigenvalue weighted by Gasteiger charge is -2.01. The highest BCUT2D eigenvalue weighted by atomic mass is 16.1. The second-order valence-electron chi connectivity index (χ2n) is 4.75. The van der Waals surface area contributed by atoms with E-state index in [2.05, 4.69) is 29.8 Å². The number of hydrogen-bond acceptors (Lipinski definition) is 2. The predicted octanol–water partition coefficient (Wildman–Crippen LogP) is 4.54. The average molecular weight is 257 g/mol. The van der Waals surface area contributed by atoms with E-state index in [1.54, 1.807) is 13.1 Å². The molecule has 0 saturated heterocycles. The van der Waals surface area contributed by atoms with E-state index in [-0.39, 0.29) is 5.78 Å². The van der Waals surface area contributed by atoms with Gasteiger partial charge in [-0.05, 0) is 37.0 Å². The van der Waals surface area contributed by atoms with Crippen molar-refractivity contribution >= 4 is 11.5 Å². The molecule has 2 heteroatoms. The standard InChI is InChI=1S/C17H23NO/c1-3-4-5-6-7-8-11-16-12-9-10-13-18-17(14-16)15(2)19/h8-9,11,13-14H,3-7,12H2,1-2H3/b11-8+,16-14-,18-17?. The Balaban J connectivity index is 2.56. The minimum absolute atomic E-state index is 0.00574. The van der Waals surface area contributed by atoms with Crippen LogP contribution in [-0.4, -0.2) is 11.5 Å². The summed E-state index contributed by atoms with van der Waals surface area (Å²) in [4.78, 5) is 15.5. The van der Waals surface area contributed by atoms with Crippen LogP contribution in [0.3, 0.4) is 0 Å². The summed E-state index contributed by atoms with van der Waals surface area (Å²) in [6, 6.07) is 0. The van der Waals surface area contributed by atoms with Crippen LogP contribution < -0.4 is 0 Å². The van der Waals surface area contributed by atoms with Crippen molar-refractivity contribution in [2.45, 2.75) is 52.4 Å². The van der Waals surface area contributed by atoms with E-state index in [1.165, 1.54) is 25.7 Å². The molecule has 0 unspecified atom stereocenters. The molecule has 0 amide bonds. The minimum Gasteiger partial charge on any atom is -0.293 e. The minimum atomic E-state index is -0.00574. The number of rotatable bonds is 7. The number of Topliss-reactive ketones (excluding diaryl/α,β-unsaturated/α-hetero) is 1. The van der Waals surface area contributed by atoms with Crippen molar-refractivity contribution in [1.29, 1.82) is 0 Å². The van der Waals surface area contributed by atoms with E-state index in [1.807, 2.05) is 12.2 Å². The highest BCUT2D eigenvalue weighted by Crippen LogP contribution is 2.10. The van der Waals surface area contributed by atoms with Crippen LogP contribution in [-0.2, 0) is 4.79 Å². The molecule has 0 N–H and O–H groups in total. The molecule has 1 aliphatic rings. The van der Waals surface area contributed by atoms with Gasteiger partial charge in [-0.3, -0.25) is 4.79 Å². The van der Waals surface area contributed by atoms with Gasteiger partial charge in [0.05, 0.1) is 6.20 Å². The lowest BCUT2D eigenvalue weighted by Crippen LogP contribution is -2.07. The van der Waals surface area contributed by atoms with Gasteiger partial charge in [-0.2, -0.15) is 0 Å². The molecular weight excluding hydrogens is 234 g/mol. The van der Waals surface area contributed by atoms with Crippen LogP contribution in [0.1, 0.15) is 52.4 Å². The Hall–Kier alpha value is -1.66. The van der Waals surface area contributed by atoms with Crippen molar-refractivity contribution in [3.63, 3.8) is 0 Å². The van der Waals surface area contributed by atoms with Gasteiger partial charge >= 0.3 is 0 Å². The Labute approximate surface area is 116 Å². The first kappa shape index (κ1) is 15.4. The van der Waals surface area contributed by atoms with Crippen LogP contribution in [0.15, 0.2) is 46.8 Å². The zero-order chi connectivity index (χ0) is 13.9. The molecule has 1 rings (SSSR count). The number of carbonyl (C=O) groups excluding carboxylic acids is 1. The Morgan fingerprint density at radius 1 is 1.42 bits per heavy atom. The summed E-state index contributed by atoms with van der Waals surface area (Å²) < 4.78 is 0. The van der Waals surface area contributed by atoms with Crippen LogP contribution >= 0.6 is 0 Å². The van der Waals surface area contributed by atoms with Crippen LogP contribution in [0.5, 0.6) is 0 Å². The molecule has 0 aliphatic carbocycles. The van der Waals surface area contributed by atoms with E-state index in [9.17, 15) is 4.79 Å². The van der Waals surface area contributed by atoms with E-state index in [0.717, 1.165) is 18.4 Å². The molecule has 1 aliphatic heterocycles. The number of aliphatic imine (C=N–C) groups is 1. The van der Waals surface area contributed by atoms with Gasteiger partial charge in [-0.25, -0.2) is 4.99 Å². The average Bonchev–Trinajstić information content (AvgIpc) is 2.35. The number of hydrogen-bond donors (Lipinski definition) is 0. The molecule has 102 valence electrons. The largest absolute Gasteiger partial charge is 0.293 e. The Morgan fingerprint density at radius 3 is 3.00 bits per heavy atom. The van der Waals surface area contributed by atoms with Crippen LogP contribution in [0.2, 0.25) is 0 Å². The highest BCUT2D eigenvalue weighted by Gasteiger charge is 2.03. The highest BCUT2D eigenvalue weighted by molar-refractivity contribution is 6.43. The summed E-state index contributed by atoms with van der Waals surface area (Å²) in [6.07, 6.45) is 16.7. The van der Waals surface area contributed by atoms with Crippen LogP contribution in [0.4, 0.5) is 0 Å². The Bertz CT molecular complexity index is 446. The lowest BCUT2D eigenvalue weighted by atomic mass is 10.1. The van der Waals surface area contributed by atoms with Gasteiger partial charge in [0.25, 0.3) is 0 Å². The zero-order valence-electron chi connectivity index (χ0n) is 12.0. The van der Waals surface area contributed by atoms with Gasteiger partial charge in [-0.1, -0.05) is 38.3 Å². The van der Waals surface area contributed by atoms with E-state index < -0.39 is 0 Å². The van der Waals surface area contributed by atoms with Crippen molar-refractivity contribution in [3.05, 3.63) is 41.8 Å². The van der Waals surface area contributed by atoms with Crippen LogP contribution in [0.25, 0.3) is 0 Å². The first-order valence-electron chi connectivity index (χ1n) is 7.09. The van der Waals surface area contributed by atoms with Gasteiger partial charge in [0.15, 0.2) is 5.78 Å². The fourth-order valence-electron chi connectivity index (χ4n) is 1.84. The molecule has 0 fully saturated rings. The maximum Gasteiger partial charge on any atom is 0.178 e. The fraction of sp³-hybridized carbons (Fsp3) is 0.471. The summed E-state index contributed by atoms with van der Waals surface area (Å²) in [6.45, 7) is 3.76. The second kappa shape index (κ2) is 9.29. The number of ketones is 1. The number of allylic oxidation sites excluding steroid dienone is 5. The molecule has 0 radical (unpaired) electrons. The first-order chi connectivity index (χ1) is 9.24. The molecule has 0 saturated carbocycles. The predicted molar refractivity (Wildman–Crippen MR) is 81.4 cm³/mol. The molecule has 0 spiro atoms. The first-order valence-corrected chi connectivity index (χ1v) is 7.09. The van der Waals surface area contributed by atoms with E-state index in [0.29, 0.717) is 5.71 Å². The smallest absolute Gasteiger partial charge is 0.178 e. The zero-order valence-corrected chi connectivity index (χ0v) is 12.0. The van der Waals surface area contributed by atoms with Crippen molar-refractivity contribution < 1.29 is 4.79 Å². The maximum atomic E-state index is 11.4. The topological polar surface area (TPSA) is 29.4 Å². The summed E-state index contributed by atoms with van der Waals surface area (Å²) in [7, 11) is 0. The molecule has 1 heterocycles. The number of nitrogens with zero attached hydrogens (tertiary/aromatic N) is 1. The molecule has 0 atom stereocenters. The van der Waals surface area contributed by atoms with Crippen LogP contribution in [0, 0.1) is 0 Å². The van der Waals surface area contributed by atoms with Crippen molar-refractivity contribution in [2.75, 3.05) is 0 Å². The third-order valence-electron chi connectivity index (χ3n) is 2.97. The lowest BCUT2D eigenvalue weighted by molar-refractivity contribution is -0.111. The van der Waals surface area contributed by atoms with Gasteiger partial charge in [-0.15, -0.1) is 5.73 Å². The molecule has 19 heavy (non-hydrogen) atoms. The summed E-state index contributed by atoms with van der Waals surface area (Å²) >= 11 is 0. The Morgan fingerprint density at radius 2 is 2.26 bits per heavy atom. The van der Waals surface area contributed by atoms with Gasteiger partial charge in [0, 0.05) is 6.92 Å². The summed E-state index contributed by atoms with van der Waals surface area (Å²) in [5, 5.41) is 0. The van der Waals surface area contributed by atoms with E-state index >= 15 is 0 Å². The maximum absolute atomic E-state index is 11.4. The Kier molecular flexibility index (Phi) is 7.53. The van der Waals surface area contributed by atoms with Gasteiger partial charge < -0.3 is 0 Å². The molecular formula is C17H23NO. The van der Waals surface area contributed by atoms with Gasteiger partial charge in [0.1, 0.15) is 5.71 Å². The monoisotopic (exact) mass is 257 g/mol. The van der Waals surface area contributed by atoms with Crippen molar-refractivity contribution in [1.82, 2.24) is 0 Å². The third-order valence-corrected chi connectivity index (χ3v) is 2.97. The van der Waals surface area contributed by atoms with E-state index in [4.69, 9.17) is 0 Å². The van der Waals surface area contributed by atoms with Crippen molar-refractivity contribution in [3.8, 4) is 0 Å². The number of carbonyl (C=O) groups is 1. The fourth-order valence-corrected chi connectivity index (χ4v) is 1.84. The van der Waals surface area contributed by atoms with Gasteiger partial charge in [0.2, 0.25) is 0 Å². The normalized spacial score (nSPS) is 17.8. The molecule has 0 aromatic carbocycles.